The predicted octanol–water partition coefficient (Wildman–Crippen LogP) is 2.31. The largest absolute Gasteiger partial charge is 0.435 e. The van der Waals surface area contributed by atoms with Crippen molar-refractivity contribution in [2.24, 2.45) is 17.8 Å². The van der Waals surface area contributed by atoms with Gasteiger partial charge in [-0.25, -0.2) is 0 Å². The summed E-state index contributed by atoms with van der Waals surface area (Å²) >= 11 is 0. The van der Waals surface area contributed by atoms with Gasteiger partial charge in [0.1, 0.15) is 6.29 Å². The minimum atomic E-state index is -0.317. The first-order chi connectivity index (χ1) is 7.06. The molecule has 0 N–H and O–H groups in total. The molecule has 0 saturated heterocycles. The lowest BCUT2D eigenvalue weighted by Gasteiger charge is -2.17. The van der Waals surface area contributed by atoms with Gasteiger partial charge >= 0.3 is 5.97 Å². The third kappa shape index (κ3) is 2.91. The number of carbonyl (C=O) groups excluding carboxylic acids is 2. The number of rotatable bonds is 3. The van der Waals surface area contributed by atoms with Gasteiger partial charge in [0.25, 0.3) is 0 Å². The van der Waals surface area contributed by atoms with Crippen molar-refractivity contribution in [1.82, 2.24) is 0 Å². The Morgan fingerprint density at radius 3 is 2.53 bits per heavy atom. The minimum Gasteiger partial charge on any atom is -0.435 e. The second-order valence-corrected chi connectivity index (χ2v) is 4.35. The Labute approximate surface area is 90.5 Å². The summed E-state index contributed by atoms with van der Waals surface area (Å²) in [6, 6.07) is 0. The first kappa shape index (κ1) is 12.0. The van der Waals surface area contributed by atoms with Gasteiger partial charge in [-0.3, -0.25) is 4.79 Å². The molecule has 0 aliphatic heterocycles. The fraction of sp³-hybridized carbons (Fsp3) is 0.667. The highest BCUT2D eigenvalue weighted by Crippen LogP contribution is 2.39. The molecule has 3 heteroatoms. The van der Waals surface area contributed by atoms with Crippen molar-refractivity contribution < 1.29 is 14.3 Å². The van der Waals surface area contributed by atoms with Crippen molar-refractivity contribution in [3.05, 3.63) is 11.8 Å². The highest BCUT2D eigenvalue weighted by atomic mass is 16.5. The van der Waals surface area contributed by atoms with Crippen LogP contribution in [0.5, 0.6) is 0 Å². The van der Waals surface area contributed by atoms with E-state index in [1.54, 1.807) is 0 Å². The average Bonchev–Trinajstić information content (AvgIpc) is 2.55. The number of aldehydes is 1. The molecule has 1 fully saturated rings. The Morgan fingerprint density at radius 2 is 2.00 bits per heavy atom. The molecule has 0 bridgehead atoms. The Balaban J connectivity index is 2.66. The summed E-state index contributed by atoms with van der Waals surface area (Å²) in [4.78, 5) is 21.6. The van der Waals surface area contributed by atoms with E-state index in [0.717, 1.165) is 24.7 Å². The molecule has 0 aromatic rings. The lowest BCUT2D eigenvalue weighted by molar-refractivity contribution is -0.135. The molecule has 0 heterocycles. The van der Waals surface area contributed by atoms with Crippen molar-refractivity contribution in [3.8, 4) is 0 Å². The summed E-state index contributed by atoms with van der Waals surface area (Å²) in [5.41, 5.74) is 0.992. The van der Waals surface area contributed by atoms with Gasteiger partial charge < -0.3 is 9.53 Å². The first-order valence-electron chi connectivity index (χ1n) is 5.35. The lowest BCUT2D eigenvalue weighted by atomic mass is 9.87. The summed E-state index contributed by atoms with van der Waals surface area (Å²) in [6.07, 6.45) is 4.60. The SMILES string of the molecule is CC(=O)OC=C(C)C1CCC(C)C1C=O. The number of esters is 1. The molecule has 1 rings (SSSR count). The molecule has 3 unspecified atom stereocenters. The van der Waals surface area contributed by atoms with Crippen molar-refractivity contribution in [2.45, 2.75) is 33.6 Å². The van der Waals surface area contributed by atoms with Crippen LogP contribution in [0.25, 0.3) is 0 Å². The summed E-state index contributed by atoms with van der Waals surface area (Å²) in [6.45, 7) is 5.39. The Bertz CT molecular complexity index is 281. The van der Waals surface area contributed by atoms with Crippen LogP contribution in [0.2, 0.25) is 0 Å². The molecule has 0 aromatic heterocycles. The van der Waals surface area contributed by atoms with Gasteiger partial charge in [-0.1, -0.05) is 6.92 Å². The predicted molar refractivity (Wildman–Crippen MR) is 57.0 cm³/mol. The normalized spacial score (nSPS) is 31.4. The third-order valence-electron chi connectivity index (χ3n) is 3.21. The van der Waals surface area contributed by atoms with Gasteiger partial charge in [-0.2, -0.15) is 0 Å². The monoisotopic (exact) mass is 210 g/mol. The van der Waals surface area contributed by atoms with Gasteiger partial charge in [0, 0.05) is 12.8 Å². The smallest absolute Gasteiger partial charge is 0.307 e. The van der Waals surface area contributed by atoms with E-state index in [1.165, 1.54) is 13.2 Å². The molecule has 0 spiro atoms. The quantitative estimate of drug-likeness (QED) is 0.408. The van der Waals surface area contributed by atoms with Gasteiger partial charge in [-0.05, 0) is 37.2 Å². The number of hydrogen-bond acceptors (Lipinski definition) is 3. The number of carbonyl (C=O) groups is 2. The van der Waals surface area contributed by atoms with Crippen molar-refractivity contribution in [1.29, 1.82) is 0 Å². The van der Waals surface area contributed by atoms with Gasteiger partial charge in [0.05, 0.1) is 6.26 Å². The van der Waals surface area contributed by atoms with Crippen LogP contribution in [-0.4, -0.2) is 12.3 Å². The van der Waals surface area contributed by atoms with E-state index in [-0.39, 0.29) is 17.8 Å². The molecule has 3 atom stereocenters. The average molecular weight is 210 g/mol. The molecule has 84 valence electrons. The van der Waals surface area contributed by atoms with Crippen LogP contribution in [-0.2, 0) is 14.3 Å². The highest BCUT2D eigenvalue weighted by molar-refractivity contribution is 5.66. The molecule has 0 aromatic carbocycles. The van der Waals surface area contributed by atoms with E-state index < -0.39 is 0 Å². The number of hydrogen-bond donors (Lipinski definition) is 0. The van der Waals surface area contributed by atoms with Crippen LogP contribution in [0.1, 0.15) is 33.6 Å². The Hall–Kier alpha value is -1.12. The third-order valence-corrected chi connectivity index (χ3v) is 3.21. The Kier molecular flexibility index (Phi) is 4.06. The fourth-order valence-electron chi connectivity index (χ4n) is 2.25. The molecule has 1 saturated carbocycles. The number of ether oxygens (including phenoxy) is 1. The minimum absolute atomic E-state index is 0.0804. The van der Waals surface area contributed by atoms with Gasteiger partial charge in [0.2, 0.25) is 0 Å². The van der Waals surface area contributed by atoms with Crippen LogP contribution >= 0.6 is 0 Å². The summed E-state index contributed by atoms with van der Waals surface area (Å²) in [5, 5.41) is 0. The van der Waals surface area contributed by atoms with E-state index in [9.17, 15) is 9.59 Å². The fourth-order valence-corrected chi connectivity index (χ4v) is 2.25. The van der Waals surface area contributed by atoms with Crippen LogP contribution in [0.4, 0.5) is 0 Å². The van der Waals surface area contributed by atoms with Gasteiger partial charge in [0.15, 0.2) is 0 Å². The summed E-state index contributed by atoms with van der Waals surface area (Å²) < 4.78 is 4.83. The zero-order valence-electron chi connectivity index (χ0n) is 9.53. The topological polar surface area (TPSA) is 43.4 Å². The van der Waals surface area contributed by atoms with E-state index in [1.807, 2.05) is 6.92 Å². The standard InChI is InChI=1S/C12H18O3/c1-8-4-5-11(12(8)6-13)9(2)7-15-10(3)14/h6-8,11-12H,4-5H2,1-3H3. The van der Waals surface area contributed by atoms with Crippen molar-refractivity contribution >= 4 is 12.3 Å². The second-order valence-electron chi connectivity index (χ2n) is 4.35. The first-order valence-corrected chi connectivity index (χ1v) is 5.35. The molecular formula is C12H18O3. The lowest BCUT2D eigenvalue weighted by Crippen LogP contribution is -2.15. The van der Waals surface area contributed by atoms with Gasteiger partial charge in [-0.15, -0.1) is 0 Å². The second kappa shape index (κ2) is 5.10. The number of allylic oxidation sites excluding steroid dienone is 1. The summed E-state index contributed by atoms with van der Waals surface area (Å²) in [7, 11) is 0. The molecule has 1 aliphatic rings. The van der Waals surface area contributed by atoms with E-state index in [0.29, 0.717) is 5.92 Å². The van der Waals surface area contributed by atoms with Crippen LogP contribution in [0.3, 0.4) is 0 Å². The van der Waals surface area contributed by atoms with Crippen molar-refractivity contribution in [3.63, 3.8) is 0 Å². The Morgan fingerprint density at radius 1 is 1.33 bits per heavy atom. The van der Waals surface area contributed by atoms with Crippen molar-refractivity contribution in [2.75, 3.05) is 0 Å². The molecule has 3 nitrogen and oxygen atoms in total. The maximum absolute atomic E-state index is 10.9. The maximum Gasteiger partial charge on any atom is 0.307 e. The summed E-state index contributed by atoms with van der Waals surface area (Å²) in [5.74, 6) is 0.449. The van der Waals surface area contributed by atoms with Crippen LogP contribution in [0.15, 0.2) is 11.8 Å². The zero-order valence-corrected chi connectivity index (χ0v) is 9.53. The van der Waals surface area contributed by atoms with E-state index in [2.05, 4.69) is 6.92 Å². The highest BCUT2D eigenvalue weighted by Gasteiger charge is 2.34. The zero-order chi connectivity index (χ0) is 11.4. The van der Waals surface area contributed by atoms with E-state index in [4.69, 9.17) is 4.74 Å². The van der Waals surface area contributed by atoms with E-state index >= 15 is 0 Å². The molecule has 1 aliphatic carbocycles. The molecule has 0 radical (unpaired) electrons. The molecule has 15 heavy (non-hydrogen) atoms. The maximum atomic E-state index is 10.9. The van der Waals surface area contributed by atoms with Crippen LogP contribution < -0.4 is 0 Å². The molecular weight excluding hydrogens is 192 g/mol. The molecule has 0 amide bonds. The van der Waals surface area contributed by atoms with Crippen LogP contribution in [0, 0.1) is 17.8 Å².